The predicted molar refractivity (Wildman–Crippen MR) is 268 cm³/mol. The highest BCUT2D eigenvalue weighted by Gasteiger charge is 2.46. The van der Waals surface area contributed by atoms with Gasteiger partial charge in [-0.2, -0.15) is 0 Å². The number of piperidine rings is 3. The summed E-state index contributed by atoms with van der Waals surface area (Å²) in [7, 11) is -2.44. The van der Waals surface area contributed by atoms with Gasteiger partial charge in [0, 0.05) is 24.5 Å². The fourth-order valence-electron chi connectivity index (χ4n) is 8.81. The number of benzene rings is 4. The average Bonchev–Trinajstić information content (AvgIpc) is 3.31. The Labute approximate surface area is 403 Å². The summed E-state index contributed by atoms with van der Waals surface area (Å²) in [5.74, 6) is 0.803. The Bertz CT molecular complexity index is 2510. The van der Waals surface area contributed by atoms with Crippen LogP contribution in [0.5, 0.6) is 11.5 Å². The van der Waals surface area contributed by atoms with E-state index in [-0.39, 0.29) is 23.2 Å². The quantitative estimate of drug-likeness (QED) is 0.0467. The van der Waals surface area contributed by atoms with Gasteiger partial charge in [-0.15, -0.1) is 0 Å². The molecule has 68 heavy (non-hydrogen) atoms. The zero-order valence-electron chi connectivity index (χ0n) is 41.2. The highest BCUT2D eigenvalue weighted by Crippen LogP contribution is 2.42. The molecule has 13 heteroatoms. The lowest BCUT2D eigenvalue weighted by Gasteiger charge is -2.44. The first-order valence-electron chi connectivity index (χ1n) is 24.2. The van der Waals surface area contributed by atoms with Gasteiger partial charge in [-0.25, -0.2) is 9.59 Å². The molecule has 2 N–H and O–H groups in total. The lowest BCUT2D eigenvalue weighted by atomic mass is 9.84. The topological polar surface area (TPSA) is 140 Å². The molecule has 5 aromatic rings. The number of aliphatic hydroxyl groups is 1. The number of hydrogen-bond acceptors (Lipinski definition) is 10. The predicted octanol–water partition coefficient (Wildman–Crippen LogP) is 10.5. The highest BCUT2D eigenvalue weighted by molar-refractivity contribution is 6.74. The maximum Gasteiger partial charge on any atom is 0.410 e. The Hall–Kier alpha value is -5.47. The molecule has 12 nitrogen and oxygen atoms in total. The highest BCUT2D eigenvalue weighted by atomic mass is 28.4. The SMILES string of the molecule is CC(C)(C)OC(=O)N(CCCCCOc1ccc([C@@](O)(C(=O)OC2CN3CCC2CC3)c2ccccc2)cc1)C[C@H](O[Si](C)(C)C(C)(C)C)c1ccc(OCc2ccccc2)c2[nH]c(=O)ccc12. The van der Waals surface area contributed by atoms with Gasteiger partial charge in [-0.05, 0) is 137 Å². The molecular formula is C55H71N3O9Si. The van der Waals surface area contributed by atoms with Crippen LogP contribution in [0, 0.1) is 5.92 Å². The maximum absolute atomic E-state index is 14.1. The molecule has 3 fully saturated rings. The summed E-state index contributed by atoms with van der Waals surface area (Å²) in [6.07, 6.45) is 2.93. The minimum atomic E-state index is -2.44. The smallest absolute Gasteiger partial charge is 0.410 e. The first kappa shape index (κ1) is 50.4. The number of pyridine rings is 1. The monoisotopic (exact) mass is 945 g/mol. The van der Waals surface area contributed by atoms with Crippen LogP contribution in [0.4, 0.5) is 4.79 Å². The van der Waals surface area contributed by atoms with E-state index in [2.05, 4.69) is 43.7 Å². The van der Waals surface area contributed by atoms with E-state index >= 15 is 0 Å². The molecule has 364 valence electrons. The molecule has 8 rings (SSSR count). The van der Waals surface area contributed by atoms with Crippen molar-refractivity contribution in [3.8, 4) is 11.5 Å². The number of carbonyl (C=O) groups excluding carboxylic acids is 2. The van der Waals surface area contributed by atoms with Gasteiger partial charge in [0.2, 0.25) is 11.2 Å². The third-order valence-corrected chi connectivity index (χ3v) is 18.2. The van der Waals surface area contributed by atoms with E-state index < -0.39 is 37.7 Å². The van der Waals surface area contributed by atoms with E-state index in [1.54, 1.807) is 41.3 Å². The second kappa shape index (κ2) is 21.4. The van der Waals surface area contributed by atoms with E-state index in [0.29, 0.717) is 66.8 Å². The van der Waals surface area contributed by atoms with Gasteiger partial charge >= 0.3 is 12.1 Å². The third kappa shape index (κ3) is 12.4. The van der Waals surface area contributed by atoms with Crippen LogP contribution in [0.2, 0.25) is 18.1 Å². The van der Waals surface area contributed by atoms with Crippen molar-refractivity contribution in [3.63, 3.8) is 0 Å². The molecule has 3 aliphatic heterocycles. The Morgan fingerprint density at radius 1 is 0.809 bits per heavy atom. The second-order valence-electron chi connectivity index (χ2n) is 20.9. The number of rotatable bonds is 19. The summed E-state index contributed by atoms with van der Waals surface area (Å²) in [5.41, 5.74) is 0.332. The molecule has 0 saturated carbocycles. The van der Waals surface area contributed by atoms with Crippen molar-refractivity contribution < 1.29 is 38.1 Å². The molecule has 3 aliphatic rings. The molecule has 0 spiro atoms. The molecular weight excluding hydrogens is 875 g/mol. The Balaban J connectivity index is 1.03. The van der Waals surface area contributed by atoms with Crippen molar-refractivity contribution in [2.45, 2.75) is 122 Å². The van der Waals surface area contributed by atoms with Crippen molar-refractivity contribution in [2.24, 2.45) is 5.92 Å². The van der Waals surface area contributed by atoms with E-state index in [1.807, 2.05) is 87.5 Å². The summed E-state index contributed by atoms with van der Waals surface area (Å²) in [5, 5.41) is 12.8. The second-order valence-corrected chi connectivity index (χ2v) is 25.7. The van der Waals surface area contributed by atoms with Crippen LogP contribution in [-0.2, 0) is 30.9 Å². The van der Waals surface area contributed by atoms with E-state index in [9.17, 15) is 19.5 Å². The van der Waals surface area contributed by atoms with Crippen LogP contribution in [-0.4, -0.2) is 91.3 Å². The van der Waals surface area contributed by atoms with E-state index in [1.165, 1.54) is 6.07 Å². The number of aromatic amines is 1. The van der Waals surface area contributed by atoms with E-state index in [0.717, 1.165) is 55.3 Å². The number of unbranched alkanes of at least 4 members (excludes halogenated alkanes) is 2. The molecule has 4 aromatic carbocycles. The number of esters is 1. The van der Waals surface area contributed by atoms with E-state index in [4.69, 9.17) is 23.4 Å². The van der Waals surface area contributed by atoms with Crippen molar-refractivity contribution in [1.29, 1.82) is 0 Å². The summed E-state index contributed by atoms with van der Waals surface area (Å²) in [4.78, 5) is 47.8. The standard InChI is InChI=1S/C55H71N3O9Si/c1-53(2,3)66-52(61)58(37-48(67-68(7,8)54(4,5)6)44-26-28-46(50-45(44)27-29-49(59)56-50)64-38-39-18-12-9-13-19-39)32-16-11-17-35-63-43-24-22-42(23-25-43)55(62,41-20-14-10-15-21-41)51(60)65-47-36-57-33-30-40(47)31-34-57/h9-10,12-15,18-29,40,47-48,62H,11,16-17,30-38H2,1-8H3,(H,56,59)/t47?,48-,55+/m0/s1. The Morgan fingerprint density at radius 3 is 2.10 bits per heavy atom. The van der Waals surface area contributed by atoms with Crippen LogP contribution in [0.15, 0.2) is 114 Å². The van der Waals surface area contributed by atoms with Gasteiger partial charge < -0.3 is 38.4 Å². The van der Waals surface area contributed by atoms with Gasteiger partial charge in [0.25, 0.3) is 0 Å². The number of amides is 1. The number of nitrogens with one attached hydrogen (secondary N) is 1. The number of ether oxygens (including phenoxy) is 4. The Morgan fingerprint density at radius 2 is 1.47 bits per heavy atom. The number of H-pyrrole nitrogens is 1. The number of hydrogen-bond donors (Lipinski definition) is 2. The van der Waals surface area contributed by atoms with Crippen LogP contribution in [0.3, 0.4) is 0 Å². The zero-order valence-corrected chi connectivity index (χ0v) is 42.2. The zero-order chi connectivity index (χ0) is 48.7. The van der Waals surface area contributed by atoms with Crippen LogP contribution in [0.25, 0.3) is 10.9 Å². The van der Waals surface area contributed by atoms with Crippen molar-refractivity contribution >= 4 is 31.3 Å². The number of nitrogens with zero attached hydrogens (tertiary/aromatic N) is 2. The molecule has 0 radical (unpaired) electrons. The number of fused-ring (bicyclic) bond motifs is 4. The van der Waals surface area contributed by atoms with Crippen molar-refractivity contribution in [2.75, 3.05) is 39.3 Å². The summed E-state index contributed by atoms with van der Waals surface area (Å²) < 4.78 is 31.7. The fourth-order valence-corrected chi connectivity index (χ4v) is 10.1. The number of aromatic nitrogens is 1. The maximum atomic E-state index is 14.1. The lowest BCUT2D eigenvalue weighted by Crippen LogP contribution is -2.53. The summed E-state index contributed by atoms with van der Waals surface area (Å²) in [6.45, 7) is 20.7. The average molecular weight is 946 g/mol. The summed E-state index contributed by atoms with van der Waals surface area (Å²) in [6, 6.07) is 33.0. The molecule has 3 atom stereocenters. The van der Waals surface area contributed by atoms with Crippen LogP contribution in [0.1, 0.15) is 102 Å². The Kier molecular flexibility index (Phi) is 15.9. The minimum Gasteiger partial charge on any atom is -0.494 e. The first-order valence-corrected chi connectivity index (χ1v) is 27.1. The van der Waals surface area contributed by atoms with Crippen molar-refractivity contribution in [3.05, 3.63) is 142 Å². The molecule has 1 amide bonds. The summed E-state index contributed by atoms with van der Waals surface area (Å²) >= 11 is 0. The van der Waals surface area contributed by atoms with Crippen LogP contribution < -0.4 is 15.0 Å². The van der Waals surface area contributed by atoms with Gasteiger partial charge in [-0.3, -0.25) is 9.69 Å². The van der Waals surface area contributed by atoms with Crippen LogP contribution >= 0.6 is 0 Å². The third-order valence-electron chi connectivity index (χ3n) is 13.7. The normalized spacial score (nSPS) is 18.6. The molecule has 1 unspecified atom stereocenters. The van der Waals surface area contributed by atoms with Crippen molar-refractivity contribution in [1.82, 2.24) is 14.8 Å². The number of carbonyl (C=O) groups is 2. The lowest BCUT2D eigenvalue weighted by molar-refractivity contribution is -0.177. The largest absolute Gasteiger partial charge is 0.494 e. The molecule has 4 heterocycles. The minimum absolute atomic E-state index is 0.132. The fraction of sp³-hybridized carbons (Fsp3) is 0.473. The molecule has 1 aromatic heterocycles. The van der Waals surface area contributed by atoms with Gasteiger partial charge in [-0.1, -0.05) is 99.6 Å². The molecule has 0 aliphatic carbocycles. The van der Waals surface area contributed by atoms with Gasteiger partial charge in [0.05, 0.1) is 24.8 Å². The van der Waals surface area contributed by atoms with Gasteiger partial charge in [0.1, 0.15) is 29.8 Å². The van der Waals surface area contributed by atoms with Gasteiger partial charge in [0.15, 0.2) is 8.32 Å². The molecule has 3 saturated heterocycles. The molecule has 2 bridgehead atoms. The first-order chi connectivity index (χ1) is 32.3.